The Labute approximate surface area is 95.5 Å². The lowest BCUT2D eigenvalue weighted by Gasteiger charge is -2.15. The van der Waals surface area contributed by atoms with Gasteiger partial charge in [0.05, 0.1) is 17.9 Å². The number of hydrogen-bond acceptors (Lipinski definition) is 3. The molecule has 16 heavy (non-hydrogen) atoms. The van der Waals surface area contributed by atoms with E-state index in [9.17, 15) is 4.79 Å². The molecule has 2 unspecified atom stereocenters. The Morgan fingerprint density at radius 1 is 1.56 bits per heavy atom. The molecule has 0 aliphatic carbocycles. The van der Waals surface area contributed by atoms with E-state index >= 15 is 0 Å². The molecule has 1 aliphatic heterocycles. The molecule has 1 aliphatic rings. The number of pyridine rings is 1. The lowest BCUT2D eigenvalue weighted by molar-refractivity contribution is -0.118. The van der Waals surface area contributed by atoms with Gasteiger partial charge < -0.3 is 10.6 Å². The summed E-state index contributed by atoms with van der Waals surface area (Å²) in [7, 11) is 0. The highest BCUT2D eigenvalue weighted by atomic mass is 16.2. The van der Waals surface area contributed by atoms with Gasteiger partial charge in [-0.15, -0.1) is 0 Å². The standard InChI is InChI=1S/C12H17N3O/c1-8-5-10(7-13-6-8)15-12(16)11-9(2)3-4-14-11/h5-7,9,11,14H,3-4H2,1-2H3,(H,15,16). The molecule has 0 spiro atoms. The molecule has 1 saturated heterocycles. The number of hydrogen-bond donors (Lipinski definition) is 2. The van der Waals surface area contributed by atoms with Crippen molar-refractivity contribution < 1.29 is 4.79 Å². The van der Waals surface area contributed by atoms with E-state index in [1.807, 2.05) is 13.0 Å². The molecule has 2 heterocycles. The predicted octanol–water partition coefficient (Wildman–Crippen LogP) is 1.33. The molecule has 1 aromatic rings. The number of rotatable bonds is 2. The Morgan fingerprint density at radius 2 is 2.38 bits per heavy atom. The van der Waals surface area contributed by atoms with Crippen LogP contribution >= 0.6 is 0 Å². The van der Waals surface area contributed by atoms with Crippen molar-refractivity contribution in [2.75, 3.05) is 11.9 Å². The van der Waals surface area contributed by atoms with Gasteiger partial charge in [0.1, 0.15) is 0 Å². The maximum absolute atomic E-state index is 11.9. The molecule has 1 amide bonds. The first-order valence-corrected chi connectivity index (χ1v) is 5.63. The Bertz CT molecular complexity index is 392. The number of carbonyl (C=O) groups is 1. The van der Waals surface area contributed by atoms with E-state index in [1.54, 1.807) is 12.4 Å². The number of carbonyl (C=O) groups excluding carboxylic acids is 1. The van der Waals surface area contributed by atoms with Gasteiger partial charge in [-0.25, -0.2) is 0 Å². The minimum atomic E-state index is -0.0690. The summed E-state index contributed by atoms with van der Waals surface area (Å²) >= 11 is 0. The fourth-order valence-electron chi connectivity index (χ4n) is 2.03. The van der Waals surface area contributed by atoms with Crippen molar-refractivity contribution in [2.45, 2.75) is 26.3 Å². The average Bonchev–Trinajstić information content (AvgIpc) is 2.64. The molecule has 1 fully saturated rings. The van der Waals surface area contributed by atoms with E-state index in [0.717, 1.165) is 24.2 Å². The first-order valence-electron chi connectivity index (χ1n) is 5.63. The number of nitrogens with zero attached hydrogens (tertiary/aromatic N) is 1. The van der Waals surface area contributed by atoms with Crippen molar-refractivity contribution in [1.29, 1.82) is 0 Å². The second kappa shape index (κ2) is 4.61. The number of nitrogens with one attached hydrogen (secondary N) is 2. The summed E-state index contributed by atoms with van der Waals surface area (Å²) in [5.41, 5.74) is 1.82. The van der Waals surface area contributed by atoms with Gasteiger partial charge in [-0.1, -0.05) is 6.92 Å². The van der Waals surface area contributed by atoms with Crippen molar-refractivity contribution in [1.82, 2.24) is 10.3 Å². The van der Waals surface area contributed by atoms with Crippen LogP contribution in [-0.4, -0.2) is 23.5 Å². The molecule has 0 saturated carbocycles. The fourth-order valence-corrected chi connectivity index (χ4v) is 2.03. The molecule has 4 nitrogen and oxygen atoms in total. The van der Waals surface area contributed by atoms with E-state index in [-0.39, 0.29) is 11.9 Å². The Balaban J connectivity index is 2.02. The molecular weight excluding hydrogens is 202 g/mol. The van der Waals surface area contributed by atoms with E-state index in [4.69, 9.17) is 0 Å². The molecule has 0 radical (unpaired) electrons. The van der Waals surface area contributed by atoms with Crippen LogP contribution in [0.4, 0.5) is 5.69 Å². The highest BCUT2D eigenvalue weighted by molar-refractivity contribution is 5.95. The molecule has 1 aromatic heterocycles. The molecule has 0 bridgehead atoms. The van der Waals surface area contributed by atoms with Gasteiger partial charge in [-0.2, -0.15) is 0 Å². The van der Waals surface area contributed by atoms with Crippen LogP contribution in [0.15, 0.2) is 18.5 Å². The first kappa shape index (κ1) is 11.1. The van der Waals surface area contributed by atoms with Crippen molar-refractivity contribution in [3.05, 3.63) is 24.0 Å². The Hall–Kier alpha value is -1.42. The molecule has 86 valence electrons. The lowest BCUT2D eigenvalue weighted by atomic mass is 10.0. The topological polar surface area (TPSA) is 54.0 Å². The molecule has 4 heteroatoms. The van der Waals surface area contributed by atoms with Gasteiger partial charge in [-0.05, 0) is 37.4 Å². The van der Waals surface area contributed by atoms with Crippen LogP contribution in [0.5, 0.6) is 0 Å². The zero-order valence-corrected chi connectivity index (χ0v) is 9.66. The van der Waals surface area contributed by atoms with Gasteiger partial charge in [0.25, 0.3) is 0 Å². The van der Waals surface area contributed by atoms with Crippen LogP contribution in [0.25, 0.3) is 0 Å². The fraction of sp³-hybridized carbons (Fsp3) is 0.500. The molecule has 2 atom stereocenters. The number of aryl methyl sites for hydroxylation is 1. The summed E-state index contributed by atoms with van der Waals surface area (Å²) in [6.07, 6.45) is 4.50. The molecular formula is C12H17N3O. The van der Waals surface area contributed by atoms with Crippen LogP contribution in [0.3, 0.4) is 0 Å². The highest BCUT2D eigenvalue weighted by Gasteiger charge is 2.29. The summed E-state index contributed by atoms with van der Waals surface area (Å²) < 4.78 is 0. The average molecular weight is 219 g/mol. The van der Waals surface area contributed by atoms with E-state index in [0.29, 0.717) is 5.92 Å². The highest BCUT2D eigenvalue weighted by Crippen LogP contribution is 2.16. The quantitative estimate of drug-likeness (QED) is 0.789. The maximum Gasteiger partial charge on any atom is 0.241 e. The normalized spacial score (nSPS) is 24.4. The number of aromatic nitrogens is 1. The van der Waals surface area contributed by atoms with E-state index in [1.165, 1.54) is 0 Å². The van der Waals surface area contributed by atoms with E-state index < -0.39 is 0 Å². The zero-order valence-electron chi connectivity index (χ0n) is 9.66. The largest absolute Gasteiger partial charge is 0.323 e. The summed E-state index contributed by atoms with van der Waals surface area (Å²) in [4.78, 5) is 16.0. The van der Waals surface area contributed by atoms with Crippen LogP contribution in [0.2, 0.25) is 0 Å². The third-order valence-electron chi connectivity index (χ3n) is 2.96. The van der Waals surface area contributed by atoms with Crippen molar-refractivity contribution >= 4 is 11.6 Å². The van der Waals surface area contributed by atoms with Crippen LogP contribution in [0, 0.1) is 12.8 Å². The van der Waals surface area contributed by atoms with Crippen molar-refractivity contribution in [3.8, 4) is 0 Å². The molecule has 0 aromatic carbocycles. The molecule has 2 N–H and O–H groups in total. The van der Waals surface area contributed by atoms with Gasteiger partial charge >= 0.3 is 0 Å². The van der Waals surface area contributed by atoms with Gasteiger partial charge in [0.2, 0.25) is 5.91 Å². The zero-order chi connectivity index (χ0) is 11.5. The van der Waals surface area contributed by atoms with Crippen LogP contribution < -0.4 is 10.6 Å². The molecule has 2 rings (SSSR count). The minimum Gasteiger partial charge on any atom is -0.323 e. The predicted molar refractivity (Wildman–Crippen MR) is 63.2 cm³/mol. The van der Waals surface area contributed by atoms with Gasteiger partial charge in [-0.3, -0.25) is 9.78 Å². The minimum absolute atomic E-state index is 0.0393. The summed E-state index contributed by atoms with van der Waals surface area (Å²) in [5.74, 6) is 0.440. The number of anilines is 1. The van der Waals surface area contributed by atoms with Gasteiger partial charge in [0, 0.05) is 6.20 Å². The maximum atomic E-state index is 11.9. The monoisotopic (exact) mass is 219 g/mol. The second-order valence-electron chi connectivity index (χ2n) is 4.44. The summed E-state index contributed by atoms with van der Waals surface area (Å²) in [5, 5.41) is 6.10. The summed E-state index contributed by atoms with van der Waals surface area (Å²) in [6, 6.07) is 1.85. The first-order chi connectivity index (χ1) is 7.66. The SMILES string of the molecule is Cc1cncc(NC(=O)C2NCCC2C)c1. The Kier molecular flexibility index (Phi) is 3.19. The third-order valence-corrected chi connectivity index (χ3v) is 2.96. The van der Waals surface area contributed by atoms with Crippen molar-refractivity contribution in [3.63, 3.8) is 0 Å². The van der Waals surface area contributed by atoms with Crippen LogP contribution in [0.1, 0.15) is 18.9 Å². The lowest BCUT2D eigenvalue weighted by Crippen LogP contribution is -2.39. The van der Waals surface area contributed by atoms with Gasteiger partial charge in [0.15, 0.2) is 0 Å². The van der Waals surface area contributed by atoms with Crippen LogP contribution in [-0.2, 0) is 4.79 Å². The van der Waals surface area contributed by atoms with E-state index in [2.05, 4.69) is 22.5 Å². The van der Waals surface area contributed by atoms with Crippen molar-refractivity contribution in [2.24, 2.45) is 5.92 Å². The smallest absolute Gasteiger partial charge is 0.241 e. The Morgan fingerprint density at radius 3 is 3.00 bits per heavy atom. The number of amides is 1. The third kappa shape index (κ3) is 2.39. The second-order valence-corrected chi connectivity index (χ2v) is 4.44. The summed E-state index contributed by atoms with van der Waals surface area (Å²) in [6.45, 7) is 4.98.